The quantitative estimate of drug-likeness (QED) is 0.918. The number of ether oxygens (including phenoxy) is 4. The Balaban J connectivity index is 1.68. The zero-order valence-electron chi connectivity index (χ0n) is 12.6. The number of hydrogen-bond acceptors (Lipinski definition) is 5. The van der Waals surface area contributed by atoms with Crippen molar-refractivity contribution in [3.8, 4) is 0 Å². The molecule has 0 radical (unpaired) electrons. The van der Waals surface area contributed by atoms with Gasteiger partial charge in [-0.25, -0.2) is 0 Å². The minimum Gasteiger partial charge on any atom is -0.391 e. The van der Waals surface area contributed by atoms with Crippen LogP contribution in [-0.2, 0) is 25.6 Å². The van der Waals surface area contributed by atoms with E-state index in [1.165, 1.54) is 0 Å². The zero-order chi connectivity index (χ0) is 15.0. The molecule has 0 spiro atoms. The number of rotatable bonds is 4. The lowest BCUT2D eigenvalue weighted by molar-refractivity contribution is -0.244. The van der Waals surface area contributed by atoms with Gasteiger partial charge in [-0.2, -0.15) is 0 Å². The Bertz CT molecular complexity index is 473. The van der Waals surface area contributed by atoms with Crippen LogP contribution >= 0.6 is 0 Å². The molecule has 2 heterocycles. The van der Waals surface area contributed by atoms with E-state index in [9.17, 15) is 5.11 Å². The first-order valence-electron chi connectivity index (χ1n) is 7.31. The maximum atomic E-state index is 9.86. The summed E-state index contributed by atoms with van der Waals surface area (Å²) < 4.78 is 23.3. The van der Waals surface area contributed by atoms with Gasteiger partial charge in [-0.15, -0.1) is 0 Å². The summed E-state index contributed by atoms with van der Waals surface area (Å²) >= 11 is 0. The van der Waals surface area contributed by atoms with E-state index >= 15 is 0 Å². The molecule has 2 unspecified atom stereocenters. The summed E-state index contributed by atoms with van der Waals surface area (Å²) in [6, 6.07) is 9.89. The van der Waals surface area contributed by atoms with Crippen LogP contribution in [-0.4, -0.2) is 41.6 Å². The minimum atomic E-state index is -0.680. The van der Waals surface area contributed by atoms with Gasteiger partial charge >= 0.3 is 0 Å². The van der Waals surface area contributed by atoms with Crippen LogP contribution in [0, 0.1) is 0 Å². The Labute approximate surface area is 124 Å². The summed E-state index contributed by atoms with van der Waals surface area (Å²) in [6.07, 6.45) is -2.22. The molecule has 2 aliphatic rings. The fourth-order valence-electron chi connectivity index (χ4n) is 2.87. The molecule has 0 saturated carbocycles. The molecule has 1 aromatic carbocycles. The first-order chi connectivity index (χ1) is 9.96. The van der Waals surface area contributed by atoms with Gasteiger partial charge in [0.15, 0.2) is 12.1 Å². The molecular formula is C16H22O5. The van der Waals surface area contributed by atoms with Crippen LogP contribution < -0.4 is 0 Å². The molecule has 0 bridgehead atoms. The summed E-state index contributed by atoms with van der Waals surface area (Å²) in [7, 11) is 0. The van der Waals surface area contributed by atoms with Crippen molar-refractivity contribution in [3.05, 3.63) is 35.9 Å². The average molecular weight is 294 g/mol. The number of benzene rings is 1. The highest BCUT2D eigenvalue weighted by atomic mass is 16.8. The molecular weight excluding hydrogens is 272 g/mol. The average Bonchev–Trinajstić information content (AvgIpc) is 2.91. The van der Waals surface area contributed by atoms with Crippen LogP contribution in [0.15, 0.2) is 30.3 Å². The summed E-state index contributed by atoms with van der Waals surface area (Å²) in [4.78, 5) is 0. The van der Waals surface area contributed by atoms with Gasteiger partial charge in [0, 0.05) is 0 Å². The normalized spacial score (nSPS) is 35.6. The molecule has 116 valence electrons. The van der Waals surface area contributed by atoms with E-state index in [0.717, 1.165) is 5.56 Å². The molecule has 2 fully saturated rings. The number of fused-ring (bicyclic) bond motifs is 1. The third kappa shape index (κ3) is 3.12. The predicted molar refractivity (Wildman–Crippen MR) is 75.4 cm³/mol. The van der Waals surface area contributed by atoms with Crippen LogP contribution in [0.4, 0.5) is 0 Å². The first kappa shape index (κ1) is 14.9. The van der Waals surface area contributed by atoms with Gasteiger partial charge in [0.05, 0.1) is 12.7 Å². The molecule has 0 aromatic heterocycles. The molecule has 2 aliphatic heterocycles. The monoisotopic (exact) mass is 294 g/mol. The van der Waals surface area contributed by atoms with Gasteiger partial charge in [0.2, 0.25) is 0 Å². The molecule has 2 saturated heterocycles. The van der Waals surface area contributed by atoms with Crippen molar-refractivity contribution >= 4 is 0 Å². The molecule has 21 heavy (non-hydrogen) atoms. The lowest BCUT2D eigenvalue weighted by Gasteiger charge is -2.25. The Morgan fingerprint density at radius 1 is 1.19 bits per heavy atom. The maximum Gasteiger partial charge on any atom is 0.187 e. The molecule has 5 atom stereocenters. The van der Waals surface area contributed by atoms with Crippen LogP contribution in [0.3, 0.4) is 0 Å². The smallest absolute Gasteiger partial charge is 0.187 e. The van der Waals surface area contributed by atoms with Gasteiger partial charge in [-0.05, 0) is 26.3 Å². The van der Waals surface area contributed by atoms with Gasteiger partial charge in [0.1, 0.15) is 18.3 Å². The Morgan fingerprint density at radius 3 is 2.52 bits per heavy atom. The second-order valence-corrected chi connectivity index (χ2v) is 6.07. The Morgan fingerprint density at radius 2 is 1.86 bits per heavy atom. The third-order valence-electron chi connectivity index (χ3n) is 3.78. The molecule has 0 amide bonds. The molecule has 1 N–H and O–H groups in total. The van der Waals surface area contributed by atoms with E-state index in [4.69, 9.17) is 18.9 Å². The van der Waals surface area contributed by atoms with Crippen molar-refractivity contribution in [2.75, 3.05) is 0 Å². The molecule has 0 aliphatic carbocycles. The van der Waals surface area contributed by atoms with Gasteiger partial charge < -0.3 is 24.1 Å². The maximum absolute atomic E-state index is 9.86. The summed E-state index contributed by atoms with van der Waals surface area (Å²) in [6.45, 7) is 5.85. The number of aliphatic hydroxyl groups excluding tert-OH is 1. The first-order valence-corrected chi connectivity index (χ1v) is 7.31. The molecule has 5 heteroatoms. The highest BCUT2D eigenvalue weighted by molar-refractivity contribution is 5.13. The van der Waals surface area contributed by atoms with Crippen LogP contribution in [0.1, 0.15) is 26.3 Å². The highest BCUT2D eigenvalue weighted by Crippen LogP contribution is 2.40. The topological polar surface area (TPSA) is 57.2 Å². The van der Waals surface area contributed by atoms with Crippen LogP contribution in [0.5, 0.6) is 0 Å². The Hall–Kier alpha value is -0.980. The van der Waals surface area contributed by atoms with E-state index < -0.39 is 24.3 Å². The fourth-order valence-corrected chi connectivity index (χ4v) is 2.87. The van der Waals surface area contributed by atoms with E-state index in [1.807, 2.05) is 44.2 Å². The standard InChI is InChI=1S/C16H22O5/c1-10(17)12-13-14(21-16(2,3)20-13)15(19-12)18-9-11-7-5-4-6-8-11/h4-8,10,12-15,17H,9H2,1-3H3/t10-,12-,13?,14?,15+/m1/s1. The second-order valence-electron chi connectivity index (χ2n) is 6.07. The van der Waals surface area contributed by atoms with E-state index in [-0.39, 0.29) is 12.2 Å². The van der Waals surface area contributed by atoms with Crippen LogP contribution in [0.25, 0.3) is 0 Å². The molecule has 5 nitrogen and oxygen atoms in total. The van der Waals surface area contributed by atoms with Crippen molar-refractivity contribution in [2.45, 2.75) is 63.9 Å². The minimum absolute atomic E-state index is 0.305. The lowest BCUT2D eigenvalue weighted by Crippen LogP contribution is -2.36. The van der Waals surface area contributed by atoms with E-state index in [0.29, 0.717) is 6.61 Å². The number of aliphatic hydroxyl groups is 1. The van der Waals surface area contributed by atoms with Crippen molar-refractivity contribution in [1.29, 1.82) is 0 Å². The van der Waals surface area contributed by atoms with Gasteiger partial charge in [0.25, 0.3) is 0 Å². The summed E-state index contributed by atoms with van der Waals surface area (Å²) in [5.74, 6) is -0.680. The van der Waals surface area contributed by atoms with E-state index in [2.05, 4.69) is 0 Å². The summed E-state index contributed by atoms with van der Waals surface area (Å²) in [5, 5.41) is 9.86. The van der Waals surface area contributed by atoms with Crippen molar-refractivity contribution in [2.24, 2.45) is 0 Å². The zero-order valence-corrected chi connectivity index (χ0v) is 12.6. The molecule has 1 aromatic rings. The van der Waals surface area contributed by atoms with Crippen molar-refractivity contribution in [1.82, 2.24) is 0 Å². The van der Waals surface area contributed by atoms with Crippen molar-refractivity contribution < 1.29 is 24.1 Å². The number of hydrogen-bond donors (Lipinski definition) is 1. The van der Waals surface area contributed by atoms with Crippen LogP contribution in [0.2, 0.25) is 0 Å². The fraction of sp³-hybridized carbons (Fsp3) is 0.625. The predicted octanol–water partition coefficient (Wildman–Crippen LogP) is 1.83. The highest BCUT2D eigenvalue weighted by Gasteiger charge is 2.56. The third-order valence-corrected chi connectivity index (χ3v) is 3.78. The lowest BCUT2D eigenvalue weighted by atomic mass is 10.1. The van der Waals surface area contributed by atoms with E-state index in [1.54, 1.807) is 6.92 Å². The largest absolute Gasteiger partial charge is 0.391 e. The Kier molecular flexibility index (Phi) is 4.03. The summed E-state index contributed by atoms with van der Waals surface area (Å²) in [5.41, 5.74) is 1.07. The van der Waals surface area contributed by atoms with Gasteiger partial charge in [-0.1, -0.05) is 30.3 Å². The second kappa shape index (κ2) is 5.66. The van der Waals surface area contributed by atoms with Gasteiger partial charge in [-0.3, -0.25) is 0 Å². The molecule has 3 rings (SSSR count). The van der Waals surface area contributed by atoms with Crippen molar-refractivity contribution in [3.63, 3.8) is 0 Å². The SMILES string of the molecule is C[C@@H](O)[C@H]1O[C@H](OCc2ccccc2)C2OC(C)(C)OC21.